The second kappa shape index (κ2) is 21.7. The molecule has 1 heterocycles. The van der Waals surface area contributed by atoms with Gasteiger partial charge in [-0.05, 0) is 63.1 Å². The molecule has 2 fully saturated rings. The molecule has 310 valence electrons. The van der Waals surface area contributed by atoms with E-state index in [0.29, 0.717) is 13.0 Å². The number of likely N-dealkylation sites (tertiary alicyclic amines) is 1. The standard InChI is InChI=1S/C42H69N5O8/c1-26(2)35(44-40(50)36(27(3)4)45(6)7)41(51)46(8)37(30-20-15-12-16-21-30)33(54-9)25-34(48)47-23-17-22-32(47)38(55-10)28(5)39(49)43-31(42(52)53)24-29-18-13-11-14-19-29/h11,13-14,18-19,26-28,30-33,35-38H,12,15-17,20-25H2,1-10H3,(H,43,49)(H,44,50)(H,52,53)/t28-,31+,32+,33-,35+,36+,37+,38-/m1/s1. The third kappa shape index (κ3) is 12.2. The van der Waals surface area contributed by atoms with Gasteiger partial charge in [-0.25, -0.2) is 4.79 Å². The fourth-order valence-electron chi connectivity index (χ4n) is 8.87. The molecule has 0 unspecified atom stereocenters. The molecule has 3 N–H and O–H groups in total. The van der Waals surface area contributed by atoms with Gasteiger partial charge in [0.1, 0.15) is 12.1 Å². The lowest BCUT2D eigenvalue weighted by atomic mass is 9.80. The van der Waals surface area contributed by atoms with Crippen LogP contribution in [0.25, 0.3) is 0 Å². The molecule has 8 atom stereocenters. The van der Waals surface area contributed by atoms with Gasteiger partial charge < -0.3 is 35.0 Å². The highest BCUT2D eigenvalue weighted by atomic mass is 16.5. The van der Waals surface area contributed by atoms with Crippen LogP contribution in [-0.4, -0.2) is 134 Å². The van der Waals surface area contributed by atoms with Crippen LogP contribution in [0.2, 0.25) is 0 Å². The van der Waals surface area contributed by atoms with Crippen molar-refractivity contribution in [2.75, 3.05) is 41.9 Å². The van der Waals surface area contributed by atoms with Crippen molar-refractivity contribution in [3.8, 4) is 0 Å². The highest BCUT2D eigenvalue weighted by Crippen LogP contribution is 2.34. The maximum atomic E-state index is 14.4. The minimum atomic E-state index is -1.13. The number of hydrogen-bond donors (Lipinski definition) is 3. The number of nitrogens with zero attached hydrogens (tertiary/aromatic N) is 3. The normalized spacial score (nSPS) is 20.4. The van der Waals surface area contributed by atoms with Gasteiger partial charge in [0.15, 0.2) is 0 Å². The molecular formula is C42H69N5O8. The number of carbonyl (C=O) groups excluding carboxylic acids is 4. The first-order chi connectivity index (χ1) is 26.0. The number of carbonyl (C=O) groups is 5. The lowest BCUT2D eigenvalue weighted by Gasteiger charge is -2.43. The van der Waals surface area contributed by atoms with E-state index in [1.165, 1.54) is 7.11 Å². The third-order valence-electron chi connectivity index (χ3n) is 11.7. The molecule has 13 heteroatoms. The molecule has 2 aliphatic rings. The number of hydrogen-bond acceptors (Lipinski definition) is 8. The Bertz CT molecular complexity index is 1390. The Labute approximate surface area is 329 Å². The van der Waals surface area contributed by atoms with Crippen molar-refractivity contribution in [1.82, 2.24) is 25.3 Å². The van der Waals surface area contributed by atoms with E-state index in [2.05, 4.69) is 10.6 Å². The minimum absolute atomic E-state index is 0.0235. The number of ether oxygens (including phenoxy) is 2. The molecule has 0 aromatic heterocycles. The van der Waals surface area contributed by atoms with Crippen molar-refractivity contribution in [3.05, 3.63) is 35.9 Å². The zero-order valence-electron chi connectivity index (χ0n) is 35.0. The first-order valence-corrected chi connectivity index (χ1v) is 20.2. The Kier molecular flexibility index (Phi) is 18.1. The quantitative estimate of drug-likeness (QED) is 0.179. The van der Waals surface area contributed by atoms with Gasteiger partial charge in [0.2, 0.25) is 23.6 Å². The van der Waals surface area contributed by atoms with Crippen molar-refractivity contribution in [2.24, 2.45) is 23.7 Å². The molecular weight excluding hydrogens is 702 g/mol. The second-order valence-corrected chi connectivity index (χ2v) is 16.6. The van der Waals surface area contributed by atoms with E-state index >= 15 is 0 Å². The number of nitrogens with one attached hydrogen (secondary N) is 2. The lowest BCUT2D eigenvalue weighted by molar-refractivity contribution is -0.149. The minimum Gasteiger partial charge on any atom is -0.480 e. The van der Waals surface area contributed by atoms with Gasteiger partial charge in [0, 0.05) is 34.2 Å². The zero-order valence-corrected chi connectivity index (χ0v) is 35.0. The molecule has 0 bridgehead atoms. The topological polar surface area (TPSA) is 158 Å². The van der Waals surface area contributed by atoms with Crippen LogP contribution in [-0.2, 0) is 39.9 Å². The molecule has 1 saturated carbocycles. The predicted octanol–water partition coefficient (Wildman–Crippen LogP) is 3.98. The Morgan fingerprint density at radius 1 is 0.836 bits per heavy atom. The van der Waals surface area contributed by atoms with E-state index in [1.807, 2.05) is 77.0 Å². The summed E-state index contributed by atoms with van der Waals surface area (Å²) in [6.45, 7) is 10.0. The summed E-state index contributed by atoms with van der Waals surface area (Å²) in [6, 6.07) is 6.03. The number of likely N-dealkylation sites (N-methyl/N-ethyl adjacent to an activating group) is 2. The van der Waals surface area contributed by atoms with Gasteiger partial charge in [-0.15, -0.1) is 0 Å². The van der Waals surface area contributed by atoms with Crippen molar-refractivity contribution >= 4 is 29.6 Å². The predicted molar refractivity (Wildman–Crippen MR) is 212 cm³/mol. The van der Waals surface area contributed by atoms with Crippen LogP contribution in [0.1, 0.15) is 91.5 Å². The van der Waals surface area contributed by atoms with Gasteiger partial charge in [-0.3, -0.25) is 24.1 Å². The van der Waals surface area contributed by atoms with Crippen LogP contribution >= 0.6 is 0 Å². The average Bonchev–Trinajstić information content (AvgIpc) is 3.63. The maximum Gasteiger partial charge on any atom is 0.326 e. The maximum absolute atomic E-state index is 14.4. The zero-order chi connectivity index (χ0) is 41.0. The summed E-state index contributed by atoms with van der Waals surface area (Å²) in [7, 11) is 8.58. The highest BCUT2D eigenvalue weighted by molar-refractivity contribution is 5.90. The third-order valence-corrected chi connectivity index (χ3v) is 11.7. The molecule has 1 saturated heterocycles. The van der Waals surface area contributed by atoms with Gasteiger partial charge in [-0.2, -0.15) is 0 Å². The van der Waals surface area contributed by atoms with E-state index in [4.69, 9.17) is 9.47 Å². The number of carboxylic acids is 1. The van der Waals surface area contributed by atoms with E-state index in [9.17, 15) is 29.1 Å². The van der Waals surface area contributed by atoms with Gasteiger partial charge >= 0.3 is 5.97 Å². The summed E-state index contributed by atoms with van der Waals surface area (Å²) in [5.41, 5.74) is 0.791. The molecule has 0 radical (unpaired) electrons. The van der Waals surface area contributed by atoms with E-state index in [0.717, 1.165) is 44.1 Å². The lowest BCUT2D eigenvalue weighted by Crippen LogP contribution is -2.60. The Morgan fingerprint density at radius 2 is 1.47 bits per heavy atom. The van der Waals surface area contributed by atoms with Crippen molar-refractivity contribution in [1.29, 1.82) is 0 Å². The molecule has 4 amide bonds. The summed E-state index contributed by atoms with van der Waals surface area (Å²) < 4.78 is 12.0. The average molecular weight is 772 g/mol. The largest absolute Gasteiger partial charge is 0.480 e. The number of benzene rings is 1. The number of methoxy groups -OCH3 is 2. The van der Waals surface area contributed by atoms with E-state index in [1.54, 1.807) is 30.9 Å². The van der Waals surface area contributed by atoms with Crippen LogP contribution in [0.15, 0.2) is 30.3 Å². The van der Waals surface area contributed by atoms with Gasteiger partial charge in [0.05, 0.1) is 42.7 Å². The molecule has 3 rings (SSSR count). The Balaban J connectivity index is 1.82. The number of rotatable bonds is 20. The summed E-state index contributed by atoms with van der Waals surface area (Å²) in [6.07, 6.45) is 5.17. The van der Waals surface area contributed by atoms with E-state index in [-0.39, 0.29) is 48.3 Å². The fraction of sp³-hybridized carbons (Fsp3) is 0.738. The second-order valence-electron chi connectivity index (χ2n) is 16.6. The van der Waals surface area contributed by atoms with Crippen LogP contribution in [0.5, 0.6) is 0 Å². The summed E-state index contributed by atoms with van der Waals surface area (Å²) in [4.78, 5) is 73.3. The number of amides is 4. The number of aliphatic carboxylic acids is 1. The van der Waals surface area contributed by atoms with Crippen molar-refractivity contribution in [2.45, 2.75) is 135 Å². The summed E-state index contributed by atoms with van der Waals surface area (Å²) >= 11 is 0. The van der Waals surface area contributed by atoms with Crippen LogP contribution in [0.4, 0.5) is 0 Å². The van der Waals surface area contributed by atoms with E-state index < -0.39 is 60.2 Å². The van der Waals surface area contributed by atoms with Crippen molar-refractivity contribution < 1.29 is 38.6 Å². The molecule has 1 aromatic rings. The SMILES string of the molecule is CO[C@H]([C@@H](C)C(=O)N[C@@H](Cc1ccccc1)C(=O)O)[C@@H]1CCCN1C(=O)C[C@@H](OC)[C@H](C1CCCCC1)N(C)C(=O)[C@@H](NC(=O)[C@H](C(C)C)N(C)C)C(C)C. The molecule has 13 nitrogen and oxygen atoms in total. The first kappa shape index (κ1) is 45.8. The molecule has 1 aliphatic carbocycles. The van der Waals surface area contributed by atoms with Crippen LogP contribution in [0, 0.1) is 23.7 Å². The summed E-state index contributed by atoms with van der Waals surface area (Å²) in [5.74, 6) is -2.92. The Morgan fingerprint density at radius 3 is 2.00 bits per heavy atom. The number of carboxylic acid groups (broad SMARTS) is 1. The van der Waals surface area contributed by atoms with Gasteiger partial charge in [0.25, 0.3) is 0 Å². The fourth-order valence-corrected chi connectivity index (χ4v) is 8.87. The first-order valence-electron chi connectivity index (χ1n) is 20.2. The molecule has 1 aromatic carbocycles. The molecule has 55 heavy (non-hydrogen) atoms. The van der Waals surface area contributed by atoms with Crippen molar-refractivity contribution in [3.63, 3.8) is 0 Å². The highest BCUT2D eigenvalue weighted by Gasteiger charge is 2.44. The van der Waals surface area contributed by atoms with Crippen LogP contribution in [0.3, 0.4) is 0 Å². The molecule has 1 aliphatic heterocycles. The monoisotopic (exact) mass is 772 g/mol. The molecule has 0 spiro atoms. The van der Waals surface area contributed by atoms with Gasteiger partial charge in [-0.1, -0.05) is 84.2 Å². The van der Waals surface area contributed by atoms with Crippen LogP contribution < -0.4 is 10.6 Å². The Hall–Kier alpha value is -3.55. The smallest absolute Gasteiger partial charge is 0.326 e. The summed E-state index contributed by atoms with van der Waals surface area (Å²) in [5, 5.41) is 15.7.